The summed E-state index contributed by atoms with van der Waals surface area (Å²) >= 11 is 1.56. The van der Waals surface area contributed by atoms with Crippen molar-refractivity contribution in [2.75, 3.05) is 5.73 Å². The van der Waals surface area contributed by atoms with Gasteiger partial charge in [0, 0.05) is 11.3 Å². The molecule has 0 amide bonds. The highest BCUT2D eigenvalue weighted by molar-refractivity contribution is 7.09. The first-order chi connectivity index (χ1) is 9.04. The molecule has 0 aliphatic carbocycles. The minimum atomic E-state index is -1.02. The minimum Gasteiger partial charge on any atom is -0.478 e. The molecule has 2 aromatic rings. The Balaban J connectivity index is 2.62. The van der Waals surface area contributed by atoms with Crippen LogP contribution in [0.2, 0.25) is 0 Å². The Kier molecular flexibility index (Phi) is 3.54. The molecule has 1 aromatic carbocycles. The zero-order valence-corrected chi connectivity index (χ0v) is 11.1. The summed E-state index contributed by atoms with van der Waals surface area (Å²) in [6.45, 7) is 1.74. The summed E-state index contributed by atoms with van der Waals surface area (Å²) < 4.78 is 0. The largest absolute Gasteiger partial charge is 0.478 e. The Morgan fingerprint density at radius 2 is 2.32 bits per heavy atom. The van der Waals surface area contributed by atoms with Crippen molar-refractivity contribution in [2.24, 2.45) is 0 Å². The van der Waals surface area contributed by atoms with E-state index in [2.05, 4.69) is 0 Å². The van der Waals surface area contributed by atoms with Gasteiger partial charge in [0.15, 0.2) is 0 Å². The Morgan fingerprint density at radius 3 is 2.84 bits per heavy atom. The first-order valence-electron chi connectivity index (χ1n) is 5.62. The molecule has 0 atom stereocenters. The molecule has 3 N–H and O–H groups in total. The zero-order valence-electron chi connectivity index (χ0n) is 10.3. The van der Waals surface area contributed by atoms with E-state index in [4.69, 9.17) is 11.0 Å². The molecule has 1 heterocycles. The van der Waals surface area contributed by atoms with Crippen LogP contribution in [0.25, 0.3) is 0 Å². The maximum absolute atomic E-state index is 11.3. The second kappa shape index (κ2) is 5.12. The number of aromatic carboxylic acids is 1. The van der Waals surface area contributed by atoms with Gasteiger partial charge in [-0.2, -0.15) is 5.26 Å². The first kappa shape index (κ1) is 13.1. The molecule has 0 saturated heterocycles. The molecule has 0 aliphatic heterocycles. The summed E-state index contributed by atoms with van der Waals surface area (Å²) in [5.74, 6) is -1.02. The van der Waals surface area contributed by atoms with Gasteiger partial charge in [-0.05, 0) is 35.6 Å². The SMILES string of the molecule is Cc1c(C#N)c(N)cc(C(=O)O)c1Cc1cccs1. The monoisotopic (exact) mass is 272 g/mol. The van der Waals surface area contributed by atoms with Crippen molar-refractivity contribution in [1.29, 1.82) is 5.26 Å². The van der Waals surface area contributed by atoms with E-state index in [1.54, 1.807) is 18.3 Å². The van der Waals surface area contributed by atoms with Gasteiger partial charge in [0.1, 0.15) is 6.07 Å². The normalized spacial score (nSPS) is 10.1. The number of nitrogens with zero attached hydrogens (tertiary/aromatic N) is 1. The molecule has 5 heteroatoms. The van der Waals surface area contributed by atoms with E-state index in [9.17, 15) is 9.90 Å². The van der Waals surface area contributed by atoms with E-state index in [0.717, 1.165) is 4.88 Å². The number of rotatable bonds is 3. The summed E-state index contributed by atoms with van der Waals surface area (Å²) in [6.07, 6.45) is 0.500. The molecule has 19 heavy (non-hydrogen) atoms. The number of thiophene rings is 1. The fourth-order valence-electron chi connectivity index (χ4n) is 2.04. The van der Waals surface area contributed by atoms with Crippen LogP contribution in [0.3, 0.4) is 0 Å². The van der Waals surface area contributed by atoms with Crippen LogP contribution in [0.4, 0.5) is 5.69 Å². The number of carboxylic acids is 1. The zero-order chi connectivity index (χ0) is 14.0. The molecule has 4 nitrogen and oxygen atoms in total. The quantitative estimate of drug-likeness (QED) is 0.841. The summed E-state index contributed by atoms with van der Waals surface area (Å²) in [6, 6.07) is 7.26. The number of carbonyl (C=O) groups is 1. The fourth-order valence-corrected chi connectivity index (χ4v) is 2.76. The van der Waals surface area contributed by atoms with Crippen molar-refractivity contribution in [3.8, 4) is 6.07 Å². The molecule has 0 saturated carbocycles. The van der Waals surface area contributed by atoms with Gasteiger partial charge in [0.05, 0.1) is 16.8 Å². The summed E-state index contributed by atoms with van der Waals surface area (Å²) in [7, 11) is 0. The third kappa shape index (κ3) is 2.44. The number of carboxylic acid groups (broad SMARTS) is 1. The summed E-state index contributed by atoms with van der Waals surface area (Å²) in [4.78, 5) is 12.4. The molecule has 2 rings (SSSR count). The maximum atomic E-state index is 11.3. The van der Waals surface area contributed by atoms with E-state index in [0.29, 0.717) is 23.1 Å². The molecular weight excluding hydrogens is 260 g/mol. The van der Waals surface area contributed by atoms with Crippen LogP contribution >= 0.6 is 11.3 Å². The van der Waals surface area contributed by atoms with Crippen molar-refractivity contribution >= 4 is 23.0 Å². The van der Waals surface area contributed by atoms with Crippen LogP contribution in [0.1, 0.15) is 31.9 Å². The molecule has 0 fully saturated rings. The van der Waals surface area contributed by atoms with Crippen molar-refractivity contribution < 1.29 is 9.90 Å². The highest BCUT2D eigenvalue weighted by atomic mass is 32.1. The van der Waals surface area contributed by atoms with Gasteiger partial charge in [-0.25, -0.2) is 4.79 Å². The molecule has 0 aliphatic rings. The number of hydrogen-bond donors (Lipinski definition) is 2. The Hall–Kier alpha value is -2.32. The number of anilines is 1. The average Bonchev–Trinajstić information content (AvgIpc) is 2.85. The Bertz CT molecular complexity index is 670. The van der Waals surface area contributed by atoms with Crippen LogP contribution in [-0.4, -0.2) is 11.1 Å². The smallest absolute Gasteiger partial charge is 0.336 e. The fraction of sp³-hybridized carbons (Fsp3) is 0.143. The number of nitrogen functional groups attached to an aromatic ring is 1. The predicted octanol–water partition coefficient (Wildman–Crippen LogP) is 2.80. The summed E-state index contributed by atoms with van der Waals surface area (Å²) in [5, 5.41) is 20.3. The Morgan fingerprint density at radius 1 is 1.58 bits per heavy atom. The standard InChI is InChI=1S/C14H12N2O2S/c1-8-10(5-9-3-2-4-19-9)11(14(17)18)6-13(16)12(8)7-15/h2-4,6H,5,16H2,1H3,(H,17,18). The number of hydrogen-bond acceptors (Lipinski definition) is 4. The first-order valence-corrected chi connectivity index (χ1v) is 6.50. The molecular formula is C14H12N2O2S. The van der Waals surface area contributed by atoms with E-state index >= 15 is 0 Å². The molecule has 0 spiro atoms. The highest BCUT2D eigenvalue weighted by Gasteiger charge is 2.18. The van der Waals surface area contributed by atoms with E-state index in [1.807, 2.05) is 23.6 Å². The minimum absolute atomic E-state index is 0.169. The lowest BCUT2D eigenvalue weighted by atomic mass is 9.93. The van der Waals surface area contributed by atoms with Gasteiger partial charge in [0.25, 0.3) is 0 Å². The van der Waals surface area contributed by atoms with E-state index < -0.39 is 5.97 Å². The van der Waals surface area contributed by atoms with Gasteiger partial charge < -0.3 is 10.8 Å². The molecule has 96 valence electrons. The molecule has 0 unspecified atom stereocenters. The lowest BCUT2D eigenvalue weighted by Gasteiger charge is -2.12. The van der Waals surface area contributed by atoms with Gasteiger partial charge in [-0.15, -0.1) is 11.3 Å². The van der Waals surface area contributed by atoms with Crippen LogP contribution in [-0.2, 0) is 6.42 Å². The third-order valence-electron chi connectivity index (χ3n) is 3.01. The second-order valence-corrected chi connectivity index (χ2v) is 5.20. The van der Waals surface area contributed by atoms with Gasteiger partial charge in [-0.3, -0.25) is 0 Å². The third-order valence-corrected chi connectivity index (χ3v) is 3.89. The van der Waals surface area contributed by atoms with Crippen molar-refractivity contribution in [3.63, 3.8) is 0 Å². The molecule has 1 aromatic heterocycles. The van der Waals surface area contributed by atoms with Crippen LogP contribution in [0, 0.1) is 18.3 Å². The predicted molar refractivity (Wildman–Crippen MR) is 74.4 cm³/mol. The number of benzene rings is 1. The van der Waals surface area contributed by atoms with E-state index in [1.165, 1.54) is 6.07 Å². The van der Waals surface area contributed by atoms with E-state index in [-0.39, 0.29) is 11.3 Å². The van der Waals surface area contributed by atoms with Crippen molar-refractivity contribution in [1.82, 2.24) is 0 Å². The lowest BCUT2D eigenvalue weighted by molar-refractivity contribution is 0.0696. The van der Waals surface area contributed by atoms with Crippen molar-refractivity contribution in [3.05, 3.63) is 50.7 Å². The average molecular weight is 272 g/mol. The van der Waals surface area contributed by atoms with Crippen LogP contribution < -0.4 is 5.73 Å². The van der Waals surface area contributed by atoms with Crippen LogP contribution in [0.15, 0.2) is 23.6 Å². The summed E-state index contributed by atoms with van der Waals surface area (Å²) in [5.41, 5.74) is 7.77. The van der Waals surface area contributed by atoms with Crippen molar-refractivity contribution in [2.45, 2.75) is 13.3 Å². The number of nitriles is 1. The Labute approximate surface area is 114 Å². The topological polar surface area (TPSA) is 87.1 Å². The maximum Gasteiger partial charge on any atom is 0.336 e. The molecule has 0 bridgehead atoms. The lowest BCUT2D eigenvalue weighted by Crippen LogP contribution is -2.09. The van der Waals surface area contributed by atoms with Crippen LogP contribution in [0.5, 0.6) is 0 Å². The molecule has 0 radical (unpaired) electrons. The highest BCUT2D eigenvalue weighted by Crippen LogP contribution is 2.27. The second-order valence-electron chi connectivity index (χ2n) is 4.17. The van der Waals surface area contributed by atoms with Gasteiger partial charge >= 0.3 is 5.97 Å². The number of nitrogens with two attached hydrogens (primary N) is 1. The van der Waals surface area contributed by atoms with Gasteiger partial charge in [-0.1, -0.05) is 6.07 Å². The van der Waals surface area contributed by atoms with Gasteiger partial charge in [0.2, 0.25) is 0 Å².